The topological polar surface area (TPSA) is 53.7 Å². The molecule has 1 aromatic rings. The molecule has 1 unspecified atom stereocenters. The average Bonchev–Trinajstić information content (AvgIpc) is 2.47. The lowest BCUT2D eigenvalue weighted by Crippen LogP contribution is -2.27. The van der Waals surface area contributed by atoms with Gasteiger partial charge in [0, 0.05) is 7.11 Å². The standard InChI is InChI=1S/C16H26FNO3/c1-4-20-14-8-7-13(11-15(14)21-5-2)16(17,12-19-3)9-6-10-18/h7-8,11H,4-6,9-10,12,18H2,1-3H3. The fourth-order valence-corrected chi connectivity index (χ4v) is 2.24. The van der Waals surface area contributed by atoms with Crippen molar-refractivity contribution in [3.8, 4) is 11.5 Å². The largest absolute Gasteiger partial charge is 0.490 e. The van der Waals surface area contributed by atoms with E-state index in [2.05, 4.69) is 0 Å². The SMILES string of the molecule is CCOc1ccc(C(F)(CCCN)COC)cc1OCC. The summed E-state index contributed by atoms with van der Waals surface area (Å²) < 4.78 is 31.3. The maximum absolute atomic E-state index is 15.2. The van der Waals surface area contributed by atoms with Crippen molar-refractivity contribution in [1.29, 1.82) is 0 Å². The van der Waals surface area contributed by atoms with Gasteiger partial charge in [0.05, 0.1) is 19.8 Å². The molecule has 0 heterocycles. The van der Waals surface area contributed by atoms with E-state index in [4.69, 9.17) is 19.9 Å². The first-order valence-electron chi connectivity index (χ1n) is 7.39. The third-order valence-electron chi connectivity index (χ3n) is 3.21. The maximum atomic E-state index is 15.2. The first-order chi connectivity index (χ1) is 10.1. The van der Waals surface area contributed by atoms with Crippen LogP contribution < -0.4 is 15.2 Å². The van der Waals surface area contributed by atoms with E-state index in [1.54, 1.807) is 18.2 Å². The molecule has 0 amide bonds. The van der Waals surface area contributed by atoms with Gasteiger partial charge in [-0.1, -0.05) is 6.07 Å². The van der Waals surface area contributed by atoms with Crippen molar-refractivity contribution < 1.29 is 18.6 Å². The monoisotopic (exact) mass is 299 g/mol. The van der Waals surface area contributed by atoms with Crippen LogP contribution in [0, 0.1) is 0 Å². The fourth-order valence-electron chi connectivity index (χ4n) is 2.24. The van der Waals surface area contributed by atoms with Gasteiger partial charge in [0.2, 0.25) is 0 Å². The number of halogens is 1. The van der Waals surface area contributed by atoms with Crippen LogP contribution in [0.25, 0.3) is 0 Å². The molecule has 120 valence electrons. The minimum atomic E-state index is -1.56. The van der Waals surface area contributed by atoms with Crippen LogP contribution in [0.15, 0.2) is 18.2 Å². The molecular formula is C16H26FNO3. The lowest BCUT2D eigenvalue weighted by Gasteiger charge is -2.26. The molecule has 1 atom stereocenters. The second-order valence-electron chi connectivity index (χ2n) is 4.82. The molecule has 0 aliphatic heterocycles. The first-order valence-corrected chi connectivity index (χ1v) is 7.39. The zero-order valence-electron chi connectivity index (χ0n) is 13.2. The Balaban J connectivity index is 3.10. The highest BCUT2D eigenvalue weighted by molar-refractivity contribution is 5.44. The van der Waals surface area contributed by atoms with Crippen molar-refractivity contribution in [2.45, 2.75) is 32.4 Å². The Labute approximate surface area is 126 Å². The molecule has 2 N–H and O–H groups in total. The lowest BCUT2D eigenvalue weighted by atomic mass is 9.91. The van der Waals surface area contributed by atoms with E-state index in [9.17, 15) is 0 Å². The number of ether oxygens (including phenoxy) is 3. The van der Waals surface area contributed by atoms with Crippen LogP contribution in [0.4, 0.5) is 4.39 Å². The van der Waals surface area contributed by atoms with E-state index in [1.165, 1.54) is 7.11 Å². The van der Waals surface area contributed by atoms with Gasteiger partial charge in [-0.3, -0.25) is 0 Å². The van der Waals surface area contributed by atoms with Crippen LogP contribution in [0.3, 0.4) is 0 Å². The molecule has 0 bridgehead atoms. The van der Waals surface area contributed by atoms with Crippen LogP contribution in [-0.4, -0.2) is 33.5 Å². The van der Waals surface area contributed by atoms with Gasteiger partial charge in [-0.15, -0.1) is 0 Å². The van der Waals surface area contributed by atoms with Gasteiger partial charge in [0.15, 0.2) is 17.2 Å². The number of hydrogen-bond donors (Lipinski definition) is 1. The van der Waals surface area contributed by atoms with Gasteiger partial charge < -0.3 is 19.9 Å². The molecule has 0 saturated heterocycles. The van der Waals surface area contributed by atoms with Crippen LogP contribution in [-0.2, 0) is 10.4 Å². The summed E-state index contributed by atoms with van der Waals surface area (Å²) in [6.45, 7) is 5.25. The predicted octanol–water partition coefficient (Wildman–Crippen LogP) is 3.03. The summed E-state index contributed by atoms with van der Waals surface area (Å²) in [7, 11) is 1.49. The molecule has 0 fully saturated rings. The molecule has 0 aliphatic rings. The van der Waals surface area contributed by atoms with Crippen molar-refractivity contribution in [1.82, 2.24) is 0 Å². The smallest absolute Gasteiger partial charge is 0.161 e. The molecular weight excluding hydrogens is 273 g/mol. The van der Waals surface area contributed by atoms with Crippen molar-refractivity contribution in [2.75, 3.05) is 33.5 Å². The molecule has 0 radical (unpaired) electrons. The van der Waals surface area contributed by atoms with Crippen molar-refractivity contribution in [2.24, 2.45) is 5.73 Å². The van der Waals surface area contributed by atoms with Crippen LogP contribution >= 0.6 is 0 Å². The first kappa shape index (κ1) is 17.7. The highest BCUT2D eigenvalue weighted by atomic mass is 19.1. The fraction of sp³-hybridized carbons (Fsp3) is 0.625. The van der Waals surface area contributed by atoms with E-state index < -0.39 is 5.67 Å². The summed E-state index contributed by atoms with van der Waals surface area (Å²) in [5, 5.41) is 0. The second-order valence-corrected chi connectivity index (χ2v) is 4.82. The Kier molecular flexibility index (Phi) is 7.47. The highest BCUT2D eigenvalue weighted by Gasteiger charge is 2.32. The van der Waals surface area contributed by atoms with Crippen LogP contribution in [0.1, 0.15) is 32.3 Å². The number of nitrogens with two attached hydrogens (primary N) is 1. The normalized spacial score (nSPS) is 13.8. The Morgan fingerprint density at radius 2 is 1.81 bits per heavy atom. The molecule has 4 nitrogen and oxygen atoms in total. The third kappa shape index (κ3) is 4.86. The van der Waals surface area contributed by atoms with Gasteiger partial charge in [-0.05, 0) is 50.9 Å². The molecule has 5 heteroatoms. The summed E-state index contributed by atoms with van der Waals surface area (Å²) in [4.78, 5) is 0. The van der Waals surface area contributed by atoms with E-state index in [0.717, 1.165) is 0 Å². The van der Waals surface area contributed by atoms with E-state index in [-0.39, 0.29) is 6.61 Å². The van der Waals surface area contributed by atoms with Crippen LogP contribution in [0.2, 0.25) is 0 Å². The molecule has 0 saturated carbocycles. The summed E-state index contributed by atoms with van der Waals surface area (Å²) >= 11 is 0. The summed E-state index contributed by atoms with van der Waals surface area (Å²) in [5.41, 5.74) is 4.47. The minimum Gasteiger partial charge on any atom is -0.490 e. The van der Waals surface area contributed by atoms with Gasteiger partial charge in [-0.2, -0.15) is 0 Å². The lowest BCUT2D eigenvalue weighted by molar-refractivity contribution is 0.0301. The van der Waals surface area contributed by atoms with Gasteiger partial charge >= 0.3 is 0 Å². The number of rotatable bonds is 10. The molecule has 1 rings (SSSR count). The number of hydrogen-bond acceptors (Lipinski definition) is 4. The predicted molar refractivity (Wildman–Crippen MR) is 81.7 cm³/mol. The Morgan fingerprint density at radius 3 is 2.38 bits per heavy atom. The summed E-state index contributed by atoms with van der Waals surface area (Å²) in [6, 6.07) is 5.17. The quantitative estimate of drug-likeness (QED) is 0.721. The van der Waals surface area contributed by atoms with Gasteiger partial charge in [-0.25, -0.2) is 4.39 Å². The Hall–Kier alpha value is -1.33. The summed E-state index contributed by atoms with van der Waals surface area (Å²) in [5.74, 6) is 1.18. The second kappa shape index (κ2) is 8.85. The summed E-state index contributed by atoms with van der Waals surface area (Å²) in [6.07, 6.45) is 0.911. The molecule has 21 heavy (non-hydrogen) atoms. The van der Waals surface area contributed by atoms with Crippen molar-refractivity contribution in [3.63, 3.8) is 0 Å². The van der Waals surface area contributed by atoms with Gasteiger partial charge in [0.1, 0.15) is 0 Å². The van der Waals surface area contributed by atoms with E-state index in [0.29, 0.717) is 49.7 Å². The third-order valence-corrected chi connectivity index (χ3v) is 3.21. The molecule has 1 aromatic carbocycles. The number of alkyl halides is 1. The highest BCUT2D eigenvalue weighted by Crippen LogP contribution is 2.37. The van der Waals surface area contributed by atoms with Gasteiger partial charge in [0.25, 0.3) is 0 Å². The van der Waals surface area contributed by atoms with Crippen molar-refractivity contribution in [3.05, 3.63) is 23.8 Å². The van der Waals surface area contributed by atoms with E-state index >= 15 is 4.39 Å². The molecule has 0 spiro atoms. The van der Waals surface area contributed by atoms with Crippen molar-refractivity contribution >= 4 is 0 Å². The Morgan fingerprint density at radius 1 is 1.14 bits per heavy atom. The van der Waals surface area contributed by atoms with E-state index in [1.807, 2.05) is 13.8 Å². The Bertz CT molecular complexity index is 428. The minimum absolute atomic E-state index is 0.00739. The zero-order chi connectivity index (χ0) is 15.7. The van der Waals surface area contributed by atoms with Crippen LogP contribution in [0.5, 0.6) is 11.5 Å². The number of benzene rings is 1. The molecule has 0 aliphatic carbocycles. The molecule has 0 aromatic heterocycles. The maximum Gasteiger partial charge on any atom is 0.161 e. The average molecular weight is 299 g/mol. The zero-order valence-corrected chi connectivity index (χ0v) is 13.2. The number of methoxy groups -OCH3 is 1.